The number of nitrogens with zero attached hydrogens (tertiary/aromatic N) is 3. The minimum Gasteiger partial charge on any atom is -0.497 e. The van der Waals surface area contributed by atoms with Crippen molar-refractivity contribution in [3.8, 4) is 27.6 Å². The predicted octanol–water partition coefficient (Wildman–Crippen LogP) is 4.17. The fraction of sp³-hybridized carbons (Fsp3) is 0.0526. The Bertz CT molecular complexity index is 1120. The number of carbonyl (C=O) groups excluding carboxylic acids is 1. The number of nitrogens with one attached hydrogen (secondary N) is 1. The summed E-state index contributed by atoms with van der Waals surface area (Å²) in [5, 5.41) is 5.29. The molecule has 1 aromatic carbocycles. The van der Waals surface area contributed by atoms with E-state index in [-0.39, 0.29) is 11.9 Å². The molecule has 0 aliphatic carbocycles. The summed E-state index contributed by atoms with van der Waals surface area (Å²) in [6, 6.07) is 13.0. The van der Waals surface area contributed by atoms with Gasteiger partial charge in [0, 0.05) is 17.1 Å². The molecule has 0 bridgehead atoms. The zero-order chi connectivity index (χ0) is 19.5. The van der Waals surface area contributed by atoms with E-state index in [0.29, 0.717) is 15.7 Å². The summed E-state index contributed by atoms with van der Waals surface area (Å²) < 4.78 is 5.16. The summed E-state index contributed by atoms with van der Waals surface area (Å²) in [5.41, 5.74) is 8.06. The van der Waals surface area contributed by atoms with Gasteiger partial charge >= 0.3 is 0 Å². The topological polar surface area (TPSA) is 103 Å². The Hall–Kier alpha value is -3.30. The van der Waals surface area contributed by atoms with Crippen molar-refractivity contribution in [3.05, 3.63) is 58.9 Å². The van der Waals surface area contributed by atoms with Crippen LogP contribution < -0.4 is 15.8 Å². The Labute approximate surface area is 168 Å². The number of thiophene rings is 1. The minimum absolute atomic E-state index is 0.200. The molecule has 0 saturated heterocycles. The van der Waals surface area contributed by atoms with Crippen LogP contribution in [0.1, 0.15) is 9.67 Å². The third-order valence-corrected chi connectivity index (χ3v) is 5.73. The predicted molar refractivity (Wildman–Crippen MR) is 112 cm³/mol. The number of hydrogen-bond donors (Lipinski definition) is 2. The van der Waals surface area contributed by atoms with Crippen LogP contribution in [-0.4, -0.2) is 28.0 Å². The monoisotopic (exact) mass is 409 g/mol. The van der Waals surface area contributed by atoms with E-state index in [1.807, 2.05) is 35.7 Å². The van der Waals surface area contributed by atoms with Crippen LogP contribution in [0.2, 0.25) is 0 Å². The zero-order valence-corrected chi connectivity index (χ0v) is 16.4. The number of nitrogens with two attached hydrogens (primary N) is 1. The highest BCUT2D eigenvalue weighted by Gasteiger charge is 2.14. The second kappa shape index (κ2) is 7.75. The van der Waals surface area contributed by atoms with E-state index in [9.17, 15) is 4.79 Å². The van der Waals surface area contributed by atoms with Gasteiger partial charge in [0.15, 0.2) is 5.13 Å². The first-order valence-corrected chi connectivity index (χ1v) is 9.92. The maximum atomic E-state index is 12.5. The highest BCUT2D eigenvalue weighted by molar-refractivity contribution is 7.17. The molecular weight excluding hydrogens is 394 g/mol. The fourth-order valence-corrected chi connectivity index (χ4v) is 4.08. The molecule has 0 aliphatic heterocycles. The van der Waals surface area contributed by atoms with Gasteiger partial charge in [-0.2, -0.15) is 0 Å². The second-order valence-corrected chi connectivity index (χ2v) is 7.63. The van der Waals surface area contributed by atoms with Gasteiger partial charge < -0.3 is 10.5 Å². The normalized spacial score (nSPS) is 10.6. The van der Waals surface area contributed by atoms with Crippen LogP contribution in [0.3, 0.4) is 0 Å². The summed E-state index contributed by atoms with van der Waals surface area (Å²) in [6.07, 6.45) is 1.59. The molecular formula is C19H15N5O2S2. The summed E-state index contributed by atoms with van der Waals surface area (Å²) in [7, 11) is 1.63. The lowest BCUT2D eigenvalue weighted by Crippen LogP contribution is -2.09. The molecule has 3 aromatic heterocycles. The Kier molecular flexibility index (Phi) is 5.00. The molecule has 28 heavy (non-hydrogen) atoms. The molecule has 4 rings (SSSR count). The first-order valence-electron chi connectivity index (χ1n) is 8.22. The van der Waals surface area contributed by atoms with Crippen molar-refractivity contribution in [1.29, 1.82) is 0 Å². The van der Waals surface area contributed by atoms with Gasteiger partial charge in [-0.25, -0.2) is 15.0 Å². The number of amides is 1. The Morgan fingerprint density at radius 2 is 1.89 bits per heavy atom. The number of nitrogen functional groups attached to an aromatic ring is 1. The number of methoxy groups -OCH3 is 1. The van der Waals surface area contributed by atoms with Crippen LogP contribution in [0.5, 0.6) is 5.75 Å². The average molecular weight is 409 g/mol. The van der Waals surface area contributed by atoms with Gasteiger partial charge in [0.2, 0.25) is 5.95 Å². The van der Waals surface area contributed by atoms with Gasteiger partial charge in [0.05, 0.1) is 28.3 Å². The summed E-state index contributed by atoms with van der Waals surface area (Å²) in [5.74, 6) is 0.770. The smallest absolute Gasteiger partial charge is 0.267 e. The number of hydrogen-bond acceptors (Lipinski definition) is 8. The lowest BCUT2D eigenvalue weighted by molar-refractivity contribution is 0.103. The third kappa shape index (κ3) is 3.85. The largest absolute Gasteiger partial charge is 0.497 e. The molecule has 0 aliphatic rings. The standard InChI is InChI=1S/C19H15N5O2S2/c1-26-12-4-2-11(3-5-12)14-10-27-19(23-14)24-17(25)16-7-6-15(28-16)13-8-9-21-18(20)22-13/h2-10H,1H3,(H2,20,21,22)(H,23,24,25). The number of anilines is 2. The van der Waals surface area contributed by atoms with Crippen LogP contribution in [-0.2, 0) is 0 Å². The van der Waals surface area contributed by atoms with Crippen molar-refractivity contribution in [2.24, 2.45) is 0 Å². The van der Waals surface area contributed by atoms with Gasteiger partial charge in [-0.05, 0) is 42.5 Å². The third-order valence-electron chi connectivity index (χ3n) is 3.87. The van der Waals surface area contributed by atoms with E-state index in [0.717, 1.165) is 21.9 Å². The van der Waals surface area contributed by atoms with Crippen LogP contribution in [0.4, 0.5) is 11.1 Å². The molecule has 0 radical (unpaired) electrons. The van der Waals surface area contributed by atoms with Crippen LogP contribution in [0, 0.1) is 0 Å². The molecule has 1 amide bonds. The Morgan fingerprint density at radius 1 is 1.07 bits per heavy atom. The molecule has 4 aromatic rings. The molecule has 3 heterocycles. The average Bonchev–Trinajstić information content (AvgIpc) is 3.38. The fourth-order valence-electron chi connectivity index (χ4n) is 2.49. The maximum absolute atomic E-state index is 12.5. The summed E-state index contributed by atoms with van der Waals surface area (Å²) in [4.78, 5) is 26.5. The SMILES string of the molecule is COc1ccc(-c2csc(NC(=O)c3ccc(-c4ccnc(N)n4)s3)n2)cc1. The summed E-state index contributed by atoms with van der Waals surface area (Å²) >= 11 is 2.71. The zero-order valence-electron chi connectivity index (χ0n) is 14.7. The molecule has 0 fully saturated rings. The molecule has 0 spiro atoms. The van der Waals surface area contributed by atoms with Gasteiger partial charge in [0.25, 0.3) is 5.91 Å². The van der Waals surface area contributed by atoms with Gasteiger partial charge in [-0.15, -0.1) is 22.7 Å². The van der Waals surface area contributed by atoms with E-state index >= 15 is 0 Å². The van der Waals surface area contributed by atoms with E-state index in [4.69, 9.17) is 10.5 Å². The van der Waals surface area contributed by atoms with Crippen LogP contribution in [0.15, 0.2) is 54.0 Å². The van der Waals surface area contributed by atoms with Gasteiger partial charge in [0.1, 0.15) is 5.75 Å². The molecule has 0 atom stereocenters. The highest BCUT2D eigenvalue weighted by atomic mass is 32.1. The molecule has 9 heteroatoms. The number of aromatic nitrogens is 3. The van der Waals surface area contributed by atoms with Gasteiger partial charge in [-0.1, -0.05) is 0 Å². The molecule has 0 saturated carbocycles. The van der Waals surface area contributed by atoms with E-state index in [2.05, 4.69) is 20.3 Å². The number of rotatable bonds is 5. The van der Waals surface area contributed by atoms with E-state index < -0.39 is 0 Å². The van der Waals surface area contributed by atoms with E-state index in [1.165, 1.54) is 22.7 Å². The molecule has 3 N–H and O–H groups in total. The lowest BCUT2D eigenvalue weighted by Gasteiger charge is -2.01. The first kappa shape index (κ1) is 18.1. The second-order valence-electron chi connectivity index (χ2n) is 5.68. The quantitative estimate of drug-likeness (QED) is 0.513. The summed E-state index contributed by atoms with van der Waals surface area (Å²) in [6.45, 7) is 0. The van der Waals surface area contributed by atoms with E-state index in [1.54, 1.807) is 25.4 Å². The van der Waals surface area contributed by atoms with Crippen molar-refractivity contribution < 1.29 is 9.53 Å². The van der Waals surface area contributed by atoms with Crippen LogP contribution in [0.25, 0.3) is 21.8 Å². The minimum atomic E-state index is -0.214. The van der Waals surface area contributed by atoms with Crippen molar-refractivity contribution >= 4 is 39.7 Å². The van der Waals surface area contributed by atoms with Crippen molar-refractivity contribution in [3.63, 3.8) is 0 Å². The number of thiazole rings is 1. The maximum Gasteiger partial charge on any atom is 0.267 e. The molecule has 140 valence electrons. The van der Waals surface area contributed by atoms with Crippen molar-refractivity contribution in [1.82, 2.24) is 15.0 Å². The molecule has 0 unspecified atom stereocenters. The van der Waals surface area contributed by atoms with Crippen molar-refractivity contribution in [2.75, 3.05) is 18.2 Å². The van der Waals surface area contributed by atoms with Crippen molar-refractivity contribution in [2.45, 2.75) is 0 Å². The Balaban J connectivity index is 1.48. The Morgan fingerprint density at radius 3 is 2.64 bits per heavy atom. The lowest BCUT2D eigenvalue weighted by atomic mass is 10.2. The van der Waals surface area contributed by atoms with Crippen LogP contribution >= 0.6 is 22.7 Å². The number of ether oxygens (including phenoxy) is 1. The molecule has 7 nitrogen and oxygen atoms in total. The number of carbonyl (C=O) groups is 1. The highest BCUT2D eigenvalue weighted by Crippen LogP contribution is 2.29. The number of benzene rings is 1. The van der Waals surface area contributed by atoms with Gasteiger partial charge in [-0.3, -0.25) is 10.1 Å². The first-order chi connectivity index (χ1) is 13.6.